The van der Waals surface area contributed by atoms with Crippen LogP contribution in [0.3, 0.4) is 0 Å². The van der Waals surface area contributed by atoms with E-state index in [0.717, 1.165) is 11.3 Å². The molecule has 1 aromatic carbocycles. The van der Waals surface area contributed by atoms with Gasteiger partial charge in [0.15, 0.2) is 0 Å². The molecule has 0 saturated carbocycles. The summed E-state index contributed by atoms with van der Waals surface area (Å²) in [6.45, 7) is 0.710. The Morgan fingerprint density at radius 3 is 2.93 bits per heavy atom. The van der Waals surface area contributed by atoms with E-state index >= 15 is 0 Å². The molecule has 1 aliphatic rings. The largest absolute Gasteiger partial charge is 0.392 e. The summed E-state index contributed by atoms with van der Waals surface area (Å²) in [7, 11) is 0. The van der Waals surface area contributed by atoms with Gasteiger partial charge < -0.3 is 10.0 Å². The van der Waals surface area contributed by atoms with E-state index in [1.165, 1.54) is 0 Å². The Morgan fingerprint density at radius 2 is 2.33 bits per heavy atom. The maximum Gasteiger partial charge on any atom is 0.228 e. The Labute approximate surface area is 96.8 Å². The fourth-order valence-electron chi connectivity index (χ4n) is 1.74. The molecule has 0 aromatic heterocycles. The van der Waals surface area contributed by atoms with E-state index in [1.54, 1.807) is 4.90 Å². The molecule has 1 N–H and O–H groups in total. The average Bonchev–Trinajstić information content (AvgIpc) is 2.58. The molecule has 1 unspecified atom stereocenters. The van der Waals surface area contributed by atoms with E-state index in [0.29, 0.717) is 13.0 Å². The number of benzene rings is 1. The lowest BCUT2D eigenvalue weighted by Crippen LogP contribution is -2.24. The van der Waals surface area contributed by atoms with Gasteiger partial charge in [0.05, 0.1) is 6.61 Å². The van der Waals surface area contributed by atoms with Crippen LogP contribution in [0, 0.1) is 0 Å². The standard InChI is InChI=1S/C11H12BrNO2/c12-9-5-11(15)13(6-9)10-3-1-2-8(4-10)7-14/h1-4,9,14H,5-7H2. The topological polar surface area (TPSA) is 40.5 Å². The number of alkyl halides is 1. The Hall–Kier alpha value is -0.870. The van der Waals surface area contributed by atoms with Crippen LogP contribution in [0.5, 0.6) is 0 Å². The van der Waals surface area contributed by atoms with Gasteiger partial charge in [-0.1, -0.05) is 28.1 Å². The fraction of sp³-hybridized carbons (Fsp3) is 0.364. The normalized spacial score (nSPS) is 21.1. The highest BCUT2D eigenvalue weighted by atomic mass is 79.9. The van der Waals surface area contributed by atoms with Crippen molar-refractivity contribution in [1.29, 1.82) is 0 Å². The summed E-state index contributed by atoms with van der Waals surface area (Å²) in [5.41, 5.74) is 1.70. The number of anilines is 1. The van der Waals surface area contributed by atoms with E-state index in [1.807, 2.05) is 24.3 Å². The molecule has 0 aliphatic carbocycles. The molecule has 0 bridgehead atoms. The average molecular weight is 270 g/mol. The Balaban J connectivity index is 2.25. The Kier molecular flexibility index (Phi) is 3.07. The second kappa shape index (κ2) is 4.33. The molecule has 1 aromatic rings. The molecule has 3 nitrogen and oxygen atoms in total. The van der Waals surface area contributed by atoms with Gasteiger partial charge in [0.25, 0.3) is 0 Å². The second-order valence-electron chi connectivity index (χ2n) is 3.63. The molecule has 4 heteroatoms. The molecule has 80 valence electrons. The monoisotopic (exact) mass is 269 g/mol. The van der Waals surface area contributed by atoms with Crippen molar-refractivity contribution >= 4 is 27.5 Å². The van der Waals surface area contributed by atoms with Crippen LogP contribution >= 0.6 is 15.9 Å². The minimum Gasteiger partial charge on any atom is -0.392 e. The number of hydrogen-bond acceptors (Lipinski definition) is 2. The molecule has 1 aliphatic heterocycles. The number of carbonyl (C=O) groups excluding carboxylic acids is 1. The van der Waals surface area contributed by atoms with Gasteiger partial charge in [-0.05, 0) is 17.7 Å². The van der Waals surface area contributed by atoms with Gasteiger partial charge in [-0.3, -0.25) is 4.79 Å². The van der Waals surface area contributed by atoms with Gasteiger partial charge in [0, 0.05) is 23.5 Å². The molecular weight excluding hydrogens is 258 g/mol. The molecule has 1 atom stereocenters. The van der Waals surface area contributed by atoms with Crippen molar-refractivity contribution in [1.82, 2.24) is 0 Å². The number of amides is 1. The first kappa shape index (κ1) is 10.6. The van der Waals surface area contributed by atoms with Crippen LogP contribution in [-0.2, 0) is 11.4 Å². The molecule has 0 spiro atoms. The summed E-state index contributed by atoms with van der Waals surface area (Å²) >= 11 is 3.44. The first-order chi connectivity index (χ1) is 7.20. The summed E-state index contributed by atoms with van der Waals surface area (Å²) in [6.07, 6.45) is 0.545. The highest BCUT2D eigenvalue weighted by Crippen LogP contribution is 2.25. The highest BCUT2D eigenvalue weighted by molar-refractivity contribution is 9.09. The lowest BCUT2D eigenvalue weighted by molar-refractivity contribution is -0.117. The zero-order chi connectivity index (χ0) is 10.8. The third-order valence-corrected chi connectivity index (χ3v) is 3.10. The third kappa shape index (κ3) is 2.21. The van der Waals surface area contributed by atoms with Gasteiger partial charge in [-0.15, -0.1) is 0 Å². The molecular formula is C11H12BrNO2. The van der Waals surface area contributed by atoms with E-state index in [2.05, 4.69) is 15.9 Å². The van der Waals surface area contributed by atoms with E-state index in [4.69, 9.17) is 5.11 Å². The van der Waals surface area contributed by atoms with Crippen molar-refractivity contribution in [2.24, 2.45) is 0 Å². The molecule has 0 radical (unpaired) electrons. The molecule has 2 rings (SSSR count). The second-order valence-corrected chi connectivity index (χ2v) is 4.93. The molecule has 15 heavy (non-hydrogen) atoms. The zero-order valence-corrected chi connectivity index (χ0v) is 9.77. The molecule has 1 heterocycles. The van der Waals surface area contributed by atoms with Gasteiger partial charge in [-0.2, -0.15) is 0 Å². The predicted molar refractivity (Wildman–Crippen MR) is 62.0 cm³/mol. The SMILES string of the molecule is O=C1CC(Br)CN1c1cccc(CO)c1. The smallest absolute Gasteiger partial charge is 0.228 e. The number of carbonyl (C=O) groups is 1. The zero-order valence-electron chi connectivity index (χ0n) is 8.19. The van der Waals surface area contributed by atoms with Crippen LogP contribution < -0.4 is 4.90 Å². The first-order valence-electron chi connectivity index (χ1n) is 4.85. The number of hydrogen-bond donors (Lipinski definition) is 1. The van der Waals surface area contributed by atoms with E-state index in [9.17, 15) is 4.79 Å². The maximum absolute atomic E-state index is 11.6. The van der Waals surface area contributed by atoms with Crippen molar-refractivity contribution in [2.45, 2.75) is 17.9 Å². The Morgan fingerprint density at radius 1 is 1.53 bits per heavy atom. The van der Waals surface area contributed by atoms with Gasteiger partial charge >= 0.3 is 0 Å². The van der Waals surface area contributed by atoms with Crippen molar-refractivity contribution < 1.29 is 9.90 Å². The summed E-state index contributed by atoms with van der Waals surface area (Å²) in [6, 6.07) is 7.44. The summed E-state index contributed by atoms with van der Waals surface area (Å²) in [4.78, 5) is 13.6. The van der Waals surface area contributed by atoms with Crippen LogP contribution in [0.1, 0.15) is 12.0 Å². The van der Waals surface area contributed by atoms with Crippen LogP contribution in [0.4, 0.5) is 5.69 Å². The van der Waals surface area contributed by atoms with Crippen LogP contribution in [0.25, 0.3) is 0 Å². The summed E-state index contributed by atoms with van der Waals surface area (Å²) in [5.74, 6) is 0.131. The fourth-order valence-corrected chi connectivity index (χ4v) is 2.30. The Bertz CT molecular complexity index is 381. The number of nitrogens with zero attached hydrogens (tertiary/aromatic N) is 1. The minimum atomic E-state index is 0.00755. The lowest BCUT2D eigenvalue weighted by Gasteiger charge is -2.16. The maximum atomic E-state index is 11.6. The van der Waals surface area contributed by atoms with Gasteiger partial charge in [0.1, 0.15) is 0 Å². The highest BCUT2D eigenvalue weighted by Gasteiger charge is 2.28. The summed E-state index contributed by atoms with van der Waals surface area (Å²) in [5, 5.41) is 9.01. The van der Waals surface area contributed by atoms with E-state index in [-0.39, 0.29) is 17.3 Å². The third-order valence-electron chi connectivity index (χ3n) is 2.48. The van der Waals surface area contributed by atoms with Crippen molar-refractivity contribution in [2.75, 3.05) is 11.4 Å². The lowest BCUT2D eigenvalue weighted by atomic mass is 10.2. The van der Waals surface area contributed by atoms with Gasteiger partial charge in [0.2, 0.25) is 5.91 Å². The molecule has 1 amide bonds. The molecule has 1 fully saturated rings. The summed E-state index contributed by atoms with van der Waals surface area (Å²) < 4.78 is 0. The first-order valence-corrected chi connectivity index (χ1v) is 5.76. The minimum absolute atomic E-state index is 0.00755. The van der Waals surface area contributed by atoms with Crippen LogP contribution in [0.15, 0.2) is 24.3 Å². The molecule has 1 saturated heterocycles. The van der Waals surface area contributed by atoms with Crippen molar-refractivity contribution in [3.8, 4) is 0 Å². The van der Waals surface area contributed by atoms with Crippen LogP contribution in [0.2, 0.25) is 0 Å². The number of halogens is 1. The van der Waals surface area contributed by atoms with Crippen LogP contribution in [-0.4, -0.2) is 22.4 Å². The number of rotatable bonds is 2. The number of aliphatic hydroxyl groups excluding tert-OH is 1. The van der Waals surface area contributed by atoms with Gasteiger partial charge in [-0.25, -0.2) is 0 Å². The quantitative estimate of drug-likeness (QED) is 0.830. The van der Waals surface area contributed by atoms with E-state index < -0.39 is 0 Å². The van der Waals surface area contributed by atoms with Crippen molar-refractivity contribution in [3.63, 3.8) is 0 Å². The predicted octanol–water partition coefficient (Wildman–Crippen LogP) is 1.68. The van der Waals surface area contributed by atoms with Crippen molar-refractivity contribution in [3.05, 3.63) is 29.8 Å². The number of aliphatic hydroxyl groups is 1.